The summed E-state index contributed by atoms with van der Waals surface area (Å²) in [7, 11) is 1.63. The SMILES string of the molecule is COc1ccc(-c2ccc3c(c2)NC(=O)C3=Cc2cc(C(=O)O)c(C)[se]2)cc1. The number of methoxy groups -OCH3 is 1. The second-order valence-electron chi connectivity index (χ2n) is 6.42. The zero-order valence-electron chi connectivity index (χ0n) is 15.3. The van der Waals surface area contributed by atoms with Crippen LogP contribution in [0, 0.1) is 6.92 Å². The molecule has 2 aromatic carbocycles. The summed E-state index contributed by atoms with van der Waals surface area (Å²) < 4.78 is 6.94. The van der Waals surface area contributed by atoms with Gasteiger partial charge in [0.05, 0.1) is 7.11 Å². The van der Waals surface area contributed by atoms with E-state index in [4.69, 9.17) is 4.74 Å². The third-order valence-corrected chi connectivity index (χ3v) is 6.77. The van der Waals surface area contributed by atoms with E-state index in [0.717, 1.165) is 37.0 Å². The van der Waals surface area contributed by atoms with Crippen LogP contribution in [0.15, 0.2) is 48.5 Å². The molecule has 0 saturated heterocycles. The van der Waals surface area contributed by atoms with Gasteiger partial charge in [-0.25, -0.2) is 0 Å². The maximum absolute atomic E-state index is 12.5. The first-order valence-electron chi connectivity index (χ1n) is 8.62. The van der Waals surface area contributed by atoms with Crippen molar-refractivity contribution in [3.05, 3.63) is 68.5 Å². The number of hydrogen-bond acceptors (Lipinski definition) is 3. The van der Waals surface area contributed by atoms with Gasteiger partial charge in [-0.15, -0.1) is 0 Å². The van der Waals surface area contributed by atoms with E-state index >= 15 is 0 Å². The molecule has 1 amide bonds. The number of amides is 1. The fourth-order valence-electron chi connectivity index (χ4n) is 3.23. The van der Waals surface area contributed by atoms with Crippen LogP contribution in [0.5, 0.6) is 5.75 Å². The second-order valence-corrected chi connectivity index (χ2v) is 9.13. The predicted molar refractivity (Wildman–Crippen MR) is 110 cm³/mol. The number of carbonyl (C=O) groups is 2. The van der Waals surface area contributed by atoms with E-state index in [0.29, 0.717) is 11.1 Å². The normalized spacial score (nSPS) is 14.1. The van der Waals surface area contributed by atoms with E-state index in [1.807, 2.05) is 55.5 Å². The number of rotatable bonds is 4. The molecular weight excluding hydrogens is 421 g/mol. The molecule has 2 heterocycles. The average Bonchev–Trinajstić information content (AvgIpc) is 3.21. The molecular formula is C22H17NO4Se. The molecule has 1 aromatic heterocycles. The summed E-state index contributed by atoms with van der Waals surface area (Å²) in [6.07, 6.45) is 1.81. The van der Waals surface area contributed by atoms with Crippen molar-refractivity contribution in [2.45, 2.75) is 6.92 Å². The van der Waals surface area contributed by atoms with Gasteiger partial charge < -0.3 is 0 Å². The van der Waals surface area contributed by atoms with E-state index in [1.54, 1.807) is 13.2 Å². The molecule has 1 aliphatic rings. The van der Waals surface area contributed by atoms with Crippen LogP contribution in [-0.4, -0.2) is 38.6 Å². The van der Waals surface area contributed by atoms with Crippen molar-refractivity contribution in [3.63, 3.8) is 0 Å². The number of fused-ring (bicyclic) bond motifs is 1. The Kier molecular flexibility index (Phi) is 4.67. The van der Waals surface area contributed by atoms with Crippen LogP contribution in [0.4, 0.5) is 5.69 Å². The minimum atomic E-state index is -0.923. The molecule has 0 spiro atoms. The standard InChI is InChI=1S/C22H17NO4Se/c1-12-18(22(25)26)10-16(28-12)11-19-17-8-5-14(9-20(17)23-21(19)24)13-3-6-15(27-2)7-4-13/h3-11H,1-2H3,(H,23,24)(H,25,26). The number of carboxylic acids is 1. The fraction of sp³-hybridized carbons (Fsp3) is 0.0909. The van der Waals surface area contributed by atoms with Crippen molar-refractivity contribution in [3.8, 4) is 16.9 Å². The molecule has 0 bridgehead atoms. The molecule has 0 atom stereocenters. The molecule has 4 rings (SSSR count). The van der Waals surface area contributed by atoms with E-state index in [1.165, 1.54) is 0 Å². The first-order chi connectivity index (χ1) is 13.5. The predicted octanol–water partition coefficient (Wildman–Crippen LogP) is 3.92. The number of carbonyl (C=O) groups excluding carboxylic acids is 1. The van der Waals surface area contributed by atoms with Crippen LogP contribution in [-0.2, 0) is 4.79 Å². The Morgan fingerprint density at radius 2 is 1.82 bits per heavy atom. The molecule has 1 aliphatic heterocycles. The van der Waals surface area contributed by atoms with Gasteiger partial charge in [0.25, 0.3) is 0 Å². The van der Waals surface area contributed by atoms with E-state index in [9.17, 15) is 14.7 Å². The number of aromatic carboxylic acids is 1. The van der Waals surface area contributed by atoms with Gasteiger partial charge in [0.1, 0.15) is 0 Å². The third-order valence-electron chi connectivity index (χ3n) is 4.68. The van der Waals surface area contributed by atoms with Crippen LogP contribution < -0.4 is 10.1 Å². The van der Waals surface area contributed by atoms with Gasteiger partial charge in [0.2, 0.25) is 0 Å². The number of anilines is 1. The number of carboxylic acid groups (broad SMARTS) is 1. The summed E-state index contributed by atoms with van der Waals surface area (Å²) in [6.45, 7) is 1.83. The number of benzene rings is 2. The summed E-state index contributed by atoms with van der Waals surface area (Å²) in [5, 5.41) is 12.2. The fourth-order valence-corrected chi connectivity index (χ4v) is 5.25. The summed E-state index contributed by atoms with van der Waals surface area (Å²) in [6, 6.07) is 15.3. The molecule has 0 radical (unpaired) electrons. The van der Waals surface area contributed by atoms with Crippen molar-refractivity contribution in [1.82, 2.24) is 0 Å². The molecule has 5 nitrogen and oxygen atoms in total. The van der Waals surface area contributed by atoms with Gasteiger partial charge in [0.15, 0.2) is 0 Å². The van der Waals surface area contributed by atoms with Crippen LogP contribution in [0.2, 0.25) is 0 Å². The zero-order valence-corrected chi connectivity index (χ0v) is 17.0. The summed E-state index contributed by atoms with van der Waals surface area (Å²) in [5.41, 5.74) is 4.53. The molecule has 3 aromatic rings. The number of ether oxygens (including phenoxy) is 1. The Morgan fingerprint density at radius 1 is 1.11 bits per heavy atom. The number of aryl methyl sites for hydroxylation is 1. The molecule has 0 unspecified atom stereocenters. The molecule has 0 aliphatic carbocycles. The average molecular weight is 438 g/mol. The second kappa shape index (κ2) is 7.15. The Hall–Kier alpha value is -3.08. The van der Waals surface area contributed by atoms with Crippen molar-refractivity contribution < 1.29 is 19.4 Å². The van der Waals surface area contributed by atoms with Crippen molar-refractivity contribution in [1.29, 1.82) is 0 Å². The molecule has 0 saturated carbocycles. The molecule has 28 heavy (non-hydrogen) atoms. The zero-order chi connectivity index (χ0) is 19.8. The van der Waals surface area contributed by atoms with Gasteiger partial charge in [-0.1, -0.05) is 0 Å². The van der Waals surface area contributed by atoms with Gasteiger partial charge in [0, 0.05) is 0 Å². The molecule has 6 heteroatoms. The van der Waals surface area contributed by atoms with Gasteiger partial charge in [-0.2, -0.15) is 0 Å². The Labute approximate surface area is 168 Å². The topological polar surface area (TPSA) is 75.6 Å². The molecule has 140 valence electrons. The van der Waals surface area contributed by atoms with E-state index in [2.05, 4.69) is 5.32 Å². The Balaban J connectivity index is 1.70. The molecule has 0 fully saturated rings. The van der Waals surface area contributed by atoms with Crippen molar-refractivity contribution in [2.24, 2.45) is 0 Å². The number of nitrogens with one attached hydrogen (secondary N) is 1. The van der Waals surface area contributed by atoms with Gasteiger partial charge in [-0.3, -0.25) is 0 Å². The van der Waals surface area contributed by atoms with Crippen LogP contribution in [0.3, 0.4) is 0 Å². The monoisotopic (exact) mass is 439 g/mol. The third kappa shape index (κ3) is 3.28. The van der Waals surface area contributed by atoms with Crippen LogP contribution >= 0.6 is 0 Å². The maximum atomic E-state index is 12.5. The summed E-state index contributed by atoms with van der Waals surface area (Å²) in [4.78, 5) is 23.8. The van der Waals surface area contributed by atoms with E-state index in [-0.39, 0.29) is 20.4 Å². The van der Waals surface area contributed by atoms with Crippen molar-refractivity contribution in [2.75, 3.05) is 12.4 Å². The quantitative estimate of drug-likeness (QED) is 0.478. The Morgan fingerprint density at radius 3 is 2.46 bits per heavy atom. The van der Waals surface area contributed by atoms with Crippen LogP contribution in [0.25, 0.3) is 22.8 Å². The first kappa shape index (κ1) is 18.3. The van der Waals surface area contributed by atoms with Gasteiger partial charge >= 0.3 is 161 Å². The first-order valence-corrected chi connectivity index (χ1v) is 10.3. The Bertz CT molecular complexity index is 1130. The summed E-state index contributed by atoms with van der Waals surface area (Å²) in [5.74, 6) is -0.298. The minimum absolute atomic E-state index is 0.0766. The van der Waals surface area contributed by atoms with Crippen LogP contribution in [0.1, 0.15) is 24.8 Å². The summed E-state index contributed by atoms with van der Waals surface area (Å²) >= 11 is -0.0766. The number of hydrogen-bond donors (Lipinski definition) is 2. The van der Waals surface area contributed by atoms with E-state index < -0.39 is 5.97 Å². The molecule has 2 N–H and O–H groups in total. The van der Waals surface area contributed by atoms with Gasteiger partial charge in [-0.05, 0) is 0 Å². The van der Waals surface area contributed by atoms with Crippen molar-refractivity contribution >= 4 is 43.7 Å².